The molecule has 3 heteroatoms. The predicted molar refractivity (Wildman–Crippen MR) is 68.6 cm³/mol. The quantitative estimate of drug-likeness (QED) is 0.822. The van der Waals surface area contributed by atoms with E-state index >= 15 is 0 Å². The molecule has 0 saturated carbocycles. The summed E-state index contributed by atoms with van der Waals surface area (Å²) in [7, 11) is 0. The summed E-state index contributed by atoms with van der Waals surface area (Å²) in [5.74, 6) is 0.481. The van der Waals surface area contributed by atoms with E-state index in [9.17, 15) is 4.39 Å². The van der Waals surface area contributed by atoms with Crippen LogP contribution in [0.3, 0.4) is 0 Å². The summed E-state index contributed by atoms with van der Waals surface area (Å²) in [5.41, 5.74) is 6.48. The average Bonchev–Trinajstić information content (AvgIpc) is 2.31. The van der Waals surface area contributed by atoms with Crippen molar-refractivity contribution in [2.45, 2.75) is 39.7 Å². The van der Waals surface area contributed by atoms with Gasteiger partial charge in [0.1, 0.15) is 0 Å². The van der Waals surface area contributed by atoms with Gasteiger partial charge >= 0.3 is 0 Å². The number of rotatable bonds is 6. The highest BCUT2D eigenvalue weighted by atomic mass is 19.1. The average molecular weight is 239 g/mol. The number of nitrogens with two attached hydrogens (primary N) is 1. The van der Waals surface area contributed by atoms with Crippen molar-refractivity contribution in [1.29, 1.82) is 0 Å². The Morgan fingerprint density at radius 3 is 2.41 bits per heavy atom. The molecule has 0 aromatic heterocycles. The van der Waals surface area contributed by atoms with E-state index in [0.717, 1.165) is 18.4 Å². The maximum Gasteiger partial charge on any atom is 0.165 e. The zero-order chi connectivity index (χ0) is 12.8. The van der Waals surface area contributed by atoms with Gasteiger partial charge in [-0.15, -0.1) is 0 Å². The minimum Gasteiger partial charge on any atom is -0.490 e. The predicted octanol–water partition coefficient (Wildman–Crippen LogP) is 3.66. The van der Waals surface area contributed by atoms with Gasteiger partial charge in [0.25, 0.3) is 0 Å². The number of benzene rings is 1. The van der Waals surface area contributed by atoms with Crippen LogP contribution in [0.15, 0.2) is 18.2 Å². The van der Waals surface area contributed by atoms with Crippen molar-refractivity contribution in [2.75, 3.05) is 6.61 Å². The SMILES string of the molecule is CCC(CC)COc1ccc([C@H](C)N)cc1F. The van der Waals surface area contributed by atoms with Crippen LogP contribution in [-0.4, -0.2) is 6.61 Å². The van der Waals surface area contributed by atoms with Gasteiger partial charge in [-0.2, -0.15) is 0 Å². The van der Waals surface area contributed by atoms with Crippen LogP contribution >= 0.6 is 0 Å². The van der Waals surface area contributed by atoms with Gasteiger partial charge in [0.05, 0.1) is 6.61 Å². The van der Waals surface area contributed by atoms with Crippen molar-refractivity contribution in [3.63, 3.8) is 0 Å². The standard InChI is InChI=1S/C14H22FNO/c1-4-11(5-2)9-17-14-7-6-12(10(3)16)8-13(14)15/h6-8,10-11H,4-5,9,16H2,1-3H3/t10-/m0/s1. The summed E-state index contributed by atoms with van der Waals surface area (Å²) in [6.45, 7) is 6.64. The van der Waals surface area contributed by atoms with E-state index in [2.05, 4.69) is 13.8 Å². The van der Waals surface area contributed by atoms with Crippen molar-refractivity contribution in [3.8, 4) is 5.75 Å². The number of hydrogen-bond acceptors (Lipinski definition) is 2. The van der Waals surface area contributed by atoms with Gasteiger partial charge in [-0.3, -0.25) is 0 Å². The Kier molecular flexibility index (Phi) is 5.42. The second-order valence-electron chi connectivity index (χ2n) is 4.47. The molecule has 0 heterocycles. The lowest BCUT2D eigenvalue weighted by Gasteiger charge is -2.15. The van der Waals surface area contributed by atoms with Gasteiger partial charge in [-0.05, 0) is 30.5 Å². The van der Waals surface area contributed by atoms with E-state index in [4.69, 9.17) is 10.5 Å². The van der Waals surface area contributed by atoms with Gasteiger partial charge in [0.2, 0.25) is 0 Å². The van der Waals surface area contributed by atoms with E-state index in [1.807, 2.05) is 13.0 Å². The zero-order valence-corrected chi connectivity index (χ0v) is 10.9. The summed E-state index contributed by atoms with van der Waals surface area (Å²) >= 11 is 0. The molecule has 0 aliphatic carbocycles. The van der Waals surface area contributed by atoms with E-state index in [1.54, 1.807) is 6.07 Å². The molecule has 1 atom stereocenters. The Morgan fingerprint density at radius 2 is 1.94 bits per heavy atom. The van der Waals surface area contributed by atoms with Crippen LogP contribution < -0.4 is 10.5 Å². The molecule has 96 valence electrons. The molecule has 2 N–H and O–H groups in total. The summed E-state index contributed by atoms with van der Waals surface area (Å²) in [6, 6.07) is 4.77. The van der Waals surface area contributed by atoms with Crippen LogP contribution in [0.4, 0.5) is 4.39 Å². The Hall–Kier alpha value is -1.09. The monoisotopic (exact) mass is 239 g/mol. The molecule has 0 radical (unpaired) electrons. The molecule has 17 heavy (non-hydrogen) atoms. The van der Waals surface area contributed by atoms with Crippen LogP contribution in [0.25, 0.3) is 0 Å². The van der Waals surface area contributed by atoms with E-state index in [1.165, 1.54) is 6.07 Å². The van der Waals surface area contributed by atoms with Crippen molar-refractivity contribution in [1.82, 2.24) is 0 Å². The fourth-order valence-electron chi connectivity index (χ4n) is 1.65. The Morgan fingerprint density at radius 1 is 1.29 bits per heavy atom. The molecule has 1 rings (SSSR count). The van der Waals surface area contributed by atoms with Crippen LogP contribution in [0.5, 0.6) is 5.75 Å². The van der Waals surface area contributed by atoms with Crippen LogP contribution in [0.2, 0.25) is 0 Å². The Bertz CT molecular complexity index is 348. The fourth-order valence-corrected chi connectivity index (χ4v) is 1.65. The fraction of sp³-hybridized carbons (Fsp3) is 0.571. The number of hydrogen-bond donors (Lipinski definition) is 1. The topological polar surface area (TPSA) is 35.2 Å². The second-order valence-corrected chi connectivity index (χ2v) is 4.47. The molecule has 0 aliphatic heterocycles. The molecular formula is C14H22FNO. The first kappa shape index (κ1) is 14.0. The highest BCUT2D eigenvalue weighted by Crippen LogP contribution is 2.22. The highest BCUT2D eigenvalue weighted by molar-refractivity contribution is 5.30. The van der Waals surface area contributed by atoms with Gasteiger partial charge in [-0.1, -0.05) is 32.8 Å². The third-order valence-corrected chi connectivity index (χ3v) is 3.11. The number of halogens is 1. The lowest BCUT2D eigenvalue weighted by atomic mass is 10.1. The smallest absolute Gasteiger partial charge is 0.165 e. The van der Waals surface area contributed by atoms with Gasteiger partial charge in [0, 0.05) is 6.04 Å². The minimum atomic E-state index is -0.328. The van der Waals surface area contributed by atoms with Crippen molar-refractivity contribution in [3.05, 3.63) is 29.6 Å². The van der Waals surface area contributed by atoms with E-state index in [-0.39, 0.29) is 11.9 Å². The highest BCUT2D eigenvalue weighted by Gasteiger charge is 2.09. The van der Waals surface area contributed by atoms with Gasteiger partial charge in [-0.25, -0.2) is 4.39 Å². The Labute approximate surface area is 103 Å². The van der Waals surface area contributed by atoms with Crippen LogP contribution in [0.1, 0.15) is 45.2 Å². The van der Waals surface area contributed by atoms with Gasteiger partial charge in [0.15, 0.2) is 11.6 Å². The first-order valence-electron chi connectivity index (χ1n) is 6.26. The summed E-state index contributed by atoms with van der Waals surface area (Å²) in [4.78, 5) is 0. The first-order valence-corrected chi connectivity index (χ1v) is 6.26. The third kappa shape index (κ3) is 4.00. The lowest BCUT2D eigenvalue weighted by Crippen LogP contribution is -2.11. The van der Waals surface area contributed by atoms with Crippen molar-refractivity contribution >= 4 is 0 Å². The molecular weight excluding hydrogens is 217 g/mol. The number of ether oxygens (including phenoxy) is 1. The maximum absolute atomic E-state index is 13.7. The molecule has 0 saturated heterocycles. The Balaban J connectivity index is 2.66. The van der Waals surface area contributed by atoms with Gasteiger partial charge < -0.3 is 10.5 Å². The molecule has 0 amide bonds. The van der Waals surface area contributed by atoms with E-state index in [0.29, 0.717) is 18.3 Å². The summed E-state index contributed by atoms with van der Waals surface area (Å²) in [6.07, 6.45) is 2.10. The normalized spacial score (nSPS) is 12.8. The molecule has 0 bridgehead atoms. The molecule has 0 fully saturated rings. The largest absolute Gasteiger partial charge is 0.490 e. The molecule has 1 aromatic carbocycles. The second kappa shape index (κ2) is 6.60. The summed E-state index contributed by atoms with van der Waals surface area (Å²) < 4.78 is 19.2. The molecule has 2 nitrogen and oxygen atoms in total. The maximum atomic E-state index is 13.7. The van der Waals surface area contributed by atoms with Crippen LogP contribution in [0, 0.1) is 11.7 Å². The summed E-state index contributed by atoms with van der Waals surface area (Å²) in [5, 5.41) is 0. The van der Waals surface area contributed by atoms with Crippen molar-refractivity contribution < 1.29 is 9.13 Å². The molecule has 0 unspecified atom stereocenters. The minimum absolute atomic E-state index is 0.155. The molecule has 0 aliphatic rings. The van der Waals surface area contributed by atoms with Crippen molar-refractivity contribution in [2.24, 2.45) is 11.7 Å². The molecule has 1 aromatic rings. The third-order valence-electron chi connectivity index (χ3n) is 3.11. The zero-order valence-electron chi connectivity index (χ0n) is 10.9. The molecule has 0 spiro atoms. The van der Waals surface area contributed by atoms with Crippen LogP contribution in [-0.2, 0) is 0 Å². The van der Waals surface area contributed by atoms with E-state index < -0.39 is 0 Å². The lowest BCUT2D eigenvalue weighted by molar-refractivity contribution is 0.231. The first-order chi connectivity index (χ1) is 8.08.